The quantitative estimate of drug-likeness (QED) is 0.0132. The number of nitrogens with two attached hydrogens (primary N) is 3. The van der Waals surface area contributed by atoms with Gasteiger partial charge in [0.05, 0.1) is 63.5 Å². The fourth-order valence-electron chi connectivity index (χ4n) is 11.4. The number of primary amides is 1. The zero-order valence-electron chi connectivity index (χ0n) is 53.7. The van der Waals surface area contributed by atoms with E-state index in [1.54, 1.807) is 42.7 Å². The number of thioether (sulfide) groups is 1. The number of aryl methyl sites for hydroxylation is 2. The van der Waals surface area contributed by atoms with Gasteiger partial charge in [-0.05, 0) is 62.1 Å². The van der Waals surface area contributed by atoms with E-state index < -0.39 is 109 Å². The number of hydrogen-bond acceptors (Lipinski definition) is 18. The number of carbonyl (C=O) groups excluding carboxylic acids is 10. The monoisotopic (exact) mass is 1340 g/mol. The summed E-state index contributed by atoms with van der Waals surface area (Å²) in [5.74, 6) is -6.79. The molecule has 0 radical (unpaired) electrons. The number of unbranched alkanes of at least 4 members (excludes halogenated alkanes) is 1. The number of ketones is 1. The number of benzene rings is 2. The summed E-state index contributed by atoms with van der Waals surface area (Å²) in [5.41, 5.74) is 19.3. The number of aliphatic hydroxyl groups excluding tert-OH is 1. The van der Waals surface area contributed by atoms with E-state index in [0.717, 1.165) is 35.9 Å². The molecule has 2 saturated heterocycles. The molecule has 2 bridgehead atoms. The maximum atomic E-state index is 14.7. The summed E-state index contributed by atoms with van der Waals surface area (Å²) in [6, 6.07) is 8.13. The van der Waals surface area contributed by atoms with Crippen LogP contribution in [0.5, 0.6) is 0 Å². The van der Waals surface area contributed by atoms with Gasteiger partial charge in [0.1, 0.15) is 36.8 Å². The molecule has 3 aliphatic heterocycles. The highest BCUT2D eigenvalue weighted by Gasteiger charge is 2.43. The molecular formula is C63H91N17O14S. The van der Waals surface area contributed by atoms with Crippen molar-refractivity contribution in [1.29, 1.82) is 0 Å². The van der Waals surface area contributed by atoms with Gasteiger partial charge in [-0.2, -0.15) is 11.8 Å². The van der Waals surface area contributed by atoms with Gasteiger partial charge >= 0.3 is 6.03 Å². The van der Waals surface area contributed by atoms with Gasteiger partial charge in [0.25, 0.3) is 0 Å². The molecule has 0 spiro atoms. The normalized spacial score (nSPS) is 23.5. The fraction of sp³-hybridized carbons (Fsp3) is 0.571. The lowest BCUT2D eigenvalue weighted by Crippen LogP contribution is -2.58. The second-order valence-corrected chi connectivity index (χ2v) is 25.1. The van der Waals surface area contributed by atoms with Crippen molar-refractivity contribution in [2.45, 2.75) is 151 Å². The number of guanidine groups is 1. The molecule has 0 aliphatic carbocycles. The summed E-state index contributed by atoms with van der Waals surface area (Å²) < 4.78 is 20.1. The maximum Gasteiger partial charge on any atom is 0.315 e. The van der Waals surface area contributed by atoms with E-state index >= 15 is 0 Å². The fourth-order valence-corrected chi connectivity index (χ4v) is 12.9. The molecule has 10 atom stereocenters. The van der Waals surface area contributed by atoms with Gasteiger partial charge in [-0.3, -0.25) is 52.8 Å². The number of urea groups is 1. The van der Waals surface area contributed by atoms with E-state index in [1.807, 2.05) is 47.6 Å². The minimum Gasteiger partial charge on any atom is -0.394 e. The minimum atomic E-state index is -1.60. The Kier molecular flexibility index (Phi) is 29.5. The number of nitrogens with one attached hydrogen (secondary N) is 9. The van der Waals surface area contributed by atoms with Crippen molar-refractivity contribution in [3.63, 3.8) is 0 Å². The number of fused-ring (bicyclic) bond motifs is 4. The Bertz CT molecular complexity index is 3270. The van der Waals surface area contributed by atoms with Gasteiger partial charge < -0.3 is 88.9 Å². The van der Waals surface area contributed by atoms with Crippen LogP contribution >= 0.6 is 11.8 Å². The zero-order chi connectivity index (χ0) is 68.2. The predicted octanol–water partition coefficient (Wildman–Crippen LogP) is -2.09. The number of Topliss-reactive ketones (excluding diaryl/α,β-unsaturated/α-hetero) is 1. The first kappa shape index (κ1) is 73.7. The molecule has 4 aromatic rings. The molecule has 31 nitrogen and oxygen atoms in total. The van der Waals surface area contributed by atoms with Crippen LogP contribution in [0.1, 0.15) is 88.0 Å². The van der Waals surface area contributed by atoms with Crippen molar-refractivity contribution in [2.75, 3.05) is 65.1 Å². The van der Waals surface area contributed by atoms with E-state index in [1.165, 1.54) is 11.6 Å². The molecule has 0 saturated carbocycles. The Morgan fingerprint density at radius 3 is 2.15 bits per heavy atom. The van der Waals surface area contributed by atoms with Crippen molar-refractivity contribution >= 4 is 87.7 Å². The molecule has 1 unspecified atom stereocenters. The summed E-state index contributed by atoms with van der Waals surface area (Å²) in [5, 5.41) is 44.9. The SMILES string of the molecule is C[C@H]1CC(=O)[C@@H](CCCN=C(N)N)NC(=O)[C@@H](Cc2ccccc2)NC(=O)[C@@H](NC(=O)COCCOCCOCCNC(=O)CCCCC2SC[C@@H]3NC(=O)N[C@H]23)Cc2cn(nn2)CCCC[C@@H](C(N)=O)NC(=O)[C@@H](CO)NC(=O)[C@H](Cc2cn(C)c3ccccc23)NC1=O. The molecule has 10 amide bonds. The van der Waals surface area contributed by atoms with Crippen LogP contribution in [0.2, 0.25) is 0 Å². The Balaban J connectivity index is 1.01. The summed E-state index contributed by atoms with van der Waals surface area (Å²) in [4.78, 5) is 141. The number of rotatable bonds is 27. The first-order valence-electron chi connectivity index (χ1n) is 32.2. The molecule has 7 rings (SSSR count). The van der Waals surface area contributed by atoms with Crippen molar-refractivity contribution < 1.29 is 67.3 Å². The highest BCUT2D eigenvalue weighted by Crippen LogP contribution is 2.33. The van der Waals surface area contributed by atoms with Gasteiger partial charge in [0.2, 0.25) is 47.3 Å². The highest BCUT2D eigenvalue weighted by molar-refractivity contribution is 8.00. The number of carbonyl (C=O) groups is 10. The molecule has 2 aromatic heterocycles. The largest absolute Gasteiger partial charge is 0.394 e. The Morgan fingerprint density at radius 1 is 0.716 bits per heavy atom. The van der Waals surface area contributed by atoms with Gasteiger partial charge in [-0.15, -0.1) is 5.10 Å². The minimum absolute atomic E-state index is 0.00545. The third kappa shape index (κ3) is 23.9. The highest BCUT2D eigenvalue weighted by atomic mass is 32.2. The lowest BCUT2D eigenvalue weighted by molar-refractivity contribution is -0.136. The molecule has 16 N–H and O–H groups in total. The molecule has 518 valence electrons. The summed E-state index contributed by atoms with van der Waals surface area (Å²) in [6.07, 6.45) is 6.34. The van der Waals surface area contributed by atoms with E-state index in [-0.39, 0.29) is 120 Å². The number of para-hydroxylation sites is 1. The number of hydrogen-bond donors (Lipinski definition) is 13. The molecular weight excluding hydrogens is 1250 g/mol. The first-order chi connectivity index (χ1) is 45.7. The number of nitrogens with zero attached hydrogens (tertiary/aromatic N) is 5. The number of ether oxygens (including phenoxy) is 3. The number of aliphatic hydroxyl groups is 1. The molecule has 95 heavy (non-hydrogen) atoms. The summed E-state index contributed by atoms with van der Waals surface area (Å²) in [6.45, 7) is 1.52. The lowest BCUT2D eigenvalue weighted by atomic mass is 9.95. The van der Waals surface area contributed by atoms with Crippen LogP contribution in [0, 0.1) is 5.92 Å². The molecule has 3 aliphatic rings. The van der Waals surface area contributed by atoms with Gasteiger partial charge in [-0.25, -0.2) is 4.79 Å². The topological polar surface area (TPSA) is 453 Å². The van der Waals surface area contributed by atoms with Crippen molar-refractivity contribution in [3.8, 4) is 0 Å². The van der Waals surface area contributed by atoms with Crippen LogP contribution in [-0.2, 0) is 90.2 Å². The van der Waals surface area contributed by atoms with E-state index in [0.29, 0.717) is 42.2 Å². The van der Waals surface area contributed by atoms with Gasteiger partial charge in [0, 0.05) is 99.0 Å². The van der Waals surface area contributed by atoms with E-state index in [2.05, 4.69) is 63.2 Å². The lowest BCUT2D eigenvalue weighted by Gasteiger charge is -2.26. The van der Waals surface area contributed by atoms with Crippen LogP contribution in [0.25, 0.3) is 10.9 Å². The average Bonchev–Trinajstić information content (AvgIpc) is 1.69. The zero-order valence-corrected chi connectivity index (χ0v) is 54.5. The second kappa shape index (κ2) is 38.0. The van der Waals surface area contributed by atoms with Crippen molar-refractivity contribution in [3.05, 3.63) is 83.8 Å². The van der Waals surface area contributed by atoms with Crippen LogP contribution in [-0.4, -0.2) is 208 Å². The number of amides is 10. The summed E-state index contributed by atoms with van der Waals surface area (Å²) in [7, 11) is 1.81. The standard InChI is InChI=1S/C63H91N17O14S/c1-38-29-51(82)43(17-12-21-68-62(65)66)70-58(87)45(30-39-13-4-3-5-14-39)73-60(89)47(69-54(84)36-94-28-27-93-26-25-92-24-22-67-53(83)20-9-8-19-52-55-49(37-95-52)75-63(91)76-55)32-41-34-80(78-77-41)23-11-10-16-44(56(64)85)71-61(90)48(35-81)74-59(88)46(72-57(38)86)31-40-33-79(2)50-18-7-6-15-42(40)50/h3-7,13-15,18,33-34,38,43-49,52,55,81H,8-12,16-17,19-32,35-37H2,1-2H3,(H2,64,85)(H,67,83)(H,69,84)(H,70,87)(H,71,90)(H,72,86)(H,73,89)(H,74,88)(H4,65,66,68)(H2,75,76,91)/t38-,43+,44-,45+,46-,47-,48+,49-,52?,55-/m0/s1. The Morgan fingerprint density at radius 2 is 1.40 bits per heavy atom. The van der Waals surface area contributed by atoms with Crippen LogP contribution in [0.15, 0.2) is 72.0 Å². The predicted molar refractivity (Wildman–Crippen MR) is 350 cm³/mol. The smallest absolute Gasteiger partial charge is 0.315 e. The third-order valence-corrected chi connectivity index (χ3v) is 17.9. The third-order valence-electron chi connectivity index (χ3n) is 16.4. The molecule has 5 heterocycles. The number of aliphatic imine (C=N–C) groups is 1. The van der Waals surface area contributed by atoms with Crippen molar-refractivity contribution in [2.24, 2.45) is 35.2 Å². The molecule has 32 heteroatoms. The second-order valence-electron chi connectivity index (χ2n) is 23.9. The number of aromatic nitrogens is 4. The Labute approximate surface area is 554 Å². The maximum absolute atomic E-state index is 14.7. The summed E-state index contributed by atoms with van der Waals surface area (Å²) >= 11 is 1.85. The average molecular weight is 1340 g/mol. The van der Waals surface area contributed by atoms with Crippen molar-refractivity contribution in [1.82, 2.24) is 67.4 Å². The van der Waals surface area contributed by atoms with Crippen LogP contribution in [0.3, 0.4) is 0 Å². The van der Waals surface area contributed by atoms with E-state index in [4.69, 9.17) is 31.4 Å². The van der Waals surface area contributed by atoms with Crippen LogP contribution in [0.4, 0.5) is 4.79 Å². The van der Waals surface area contributed by atoms with E-state index in [9.17, 15) is 53.1 Å². The molecule has 2 fully saturated rings. The van der Waals surface area contributed by atoms with Gasteiger partial charge in [-0.1, -0.05) is 67.1 Å². The molecule has 2 aromatic carbocycles. The first-order valence-corrected chi connectivity index (χ1v) is 33.2. The van der Waals surface area contributed by atoms with Gasteiger partial charge in [0.15, 0.2) is 11.7 Å². The Hall–Kier alpha value is -8.72. The van der Waals surface area contributed by atoms with Crippen LogP contribution < -0.4 is 65.1 Å².